The van der Waals surface area contributed by atoms with Gasteiger partial charge in [0.25, 0.3) is 0 Å². The average molecular weight is 429 g/mol. The number of nitrogens with one attached hydrogen (secondary N) is 2. The monoisotopic (exact) mass is 429 g/mol. The van der Waals surface area contributed by atoms with Crippen molar-refractivity contribution >= 4 is 16.9 Å². The van der Waals surface area contributed by atoms with Crippen molar-refractivity contribution in [2.45, 2.75) is 25.5 Å². The molecule has 0 saturated heterocycles. The Morgan fingerprint density at radius 3 is 2.87 bits per heavy atom. The van der Waals surface area contributed by atoms with Crippen LogP contribution in [-0.4, -0.2) is 59.1 Å². The van der Waals surface area contributed by atoms with Crippen molar-refractivity contribution in [3.05, 3.63) is 53.6 Å². The number of aromatic nitrogens is 2. The number of benzene rings is 1. The predicted molar refractivity (Wildman–Crippen MR) is 116 cm³/mol. The zero-order valence-electron chi connectivity index (χ0n) is 17.7. The second-order valence-corrected chi connectivity index (χ2v) is 7.63. The largest absolute Gasteiger partial charge is 0.453 e. The molecule has 0 aliphatic rings. The number of fused-ring (bicyclic) bond motifs is 1. The number of hydrogen-bond donors (Lipinski definition) is 4. The van der Waals surface area contributed by atoms with Crippen LogP contribution in [0.3, 0.4) is 0 Å². The fourth-order valence-electron chi connectivity index (χ4n) is 3.26. The Morgan fingerprint density at radius 1 is 1.35 bits per heavy atom. The number of nitrogens with zero attached hydrogens (tertiary/aromatic N) is 2. The number of nitrogens with two attached hydrogens (primary N) is 1. The smallest absolute Gasteiger partial charge is 0.237 e. The van der Waals surface area contributed by atoms with Crippen molar-refractivity contribution in [1.82, 2.24) is 20.2 Å². The molecule has 0 spiro atoms. The van der Waals surface area contributed by atoms with E-state index in [2.05, 4.69) is 15.3 Å². The molecule has 0 unspecified atom stereocenters. The summed E-state index contributed by atoms with van der Waals surface area (Å²) in [5.74, 6) is -0.413. The molecule has 31 heavy (non-hydrogen) atoms. The fourth-order valence-corrected chi connectivity index (χ4v) is 3.26. The number of H-pyrrole nitrogens is 1. The van der Waals surface area contributed by atoms with Gasteiger partial charge in [-0.15, -0.1) is 0 Å². The Hall–Kier alpha value is -3.01. The molecule has 0 aliphatic carbocycles. The molecular weight excluding hydrogens is 401 g/mol. The number of ether oxygens (including phenoxy) is 1. The van der Waals surface area contributed by atoms with Crippen molar-refractivity contribution in [2.75, 3.05) is 27.2 Å². The van der Waals surface area contributed by atoms with Crippen molar-refractivity contribution in [1.29, 1.82) is 0 Å². The lowest BCUT2D eigenvalue weighted by atomic mass is 10.1. The summed E-state index contributed by atoms with van der Waals surface area (Å²) in [6.45, 7) is 1.22. The SMILES string of the molecule is CN(C)CCCNC(=O)[C@@H](N)Cc1ccc(Oc2ccnc3[nH]cc(CO)c23)c(F)c1. The van der Waals surface area contributed by atoms with Gasteiger partial charge in [0.1, 0.15) is 11.4 Å². The number of hydrogen-bond acceptors (Lipinski definition) is 6. The van der Waals surface area contributed by atoms with Gasteiger partial charge in [-0.2, -0.15) is 0 Å². The highest BCUT2D eigenvalue weighted by Crippen LogP contribution is 2.32. The number of amides is 1. The van der Waals surface area contributed by atoms with Gasteiger partial charge in [-0.1, -0.05) is 6.07 Å². The first-order valence-electron chi connectivity index (χ1n) is 10.1. The van der Waals surface area contributed by atoms with Gasteiger partial charge < -0.3 is 30.8 Å². The molecule has 1 aromatic carbocycles. The van der Waals surface area contributed by atoms with Gasteiger partial charge in [0.2, 0.25) is 5.91 Å². The molecule has 1 amide bonds. The number of pyridine rings is 1. The fraction of sp³-hybridized carbons (Fsp3) is 0.364. The number of aliphatic hydroxyl groups is 1. The Kier molecular flexibility index (Phi) is 7.56. The van der Waals surface area contributed by atoms with Crippen LogP contribution in [0.25, 0.3) is 11.0 Å². The molecule has 8 nitrogen and oxygen atoms in total. The maximum Gasteiger partial charge on any atom is 0.237 e. The van der Waals surface area contributed by atoms with Gasteiger partial charge in [-0.05, 0) is 57.2 Å². The Bertz CT molecular complexity index is 1040. The highest BCUT2D eigenvalue weighted by molar-refractivity contribution is 5.86. The van der Waals surface area contributed by atoms with Crippen LogP contribution in [0.1, 0.15) is 17.5 Å². The summed E-state index contributed by atoms with van der Waals surface area (Å²) in [6.07, 6.45) is 4.21. The summed E-state index contributed by atoms with van der Waals surface area (Å²) in [4.78, 5) is 21.3. The first kappa shape index (κ1) is 22.7. The predicted octanol–water partition coefficient (Wildman–Crippen LogP) is 1.92. The summed E-state index contributed by atoms with van der Waals surface area (Å²) in [7, 11) is 3.94. The maximum absolute atomic E-state index is 14.7. The van der Waals surface area contributed by atoms with Gasteiger partial charge in [0, 0.05) is 24.5 Å². The van der Waals surface area contributed by atoms with Gasteiger partial charge in [0.05, 0.1) is 18.0 Å². The first-order valence-corrected chi connectivity index (χ1v) is 10.1. The van der Waals surface area contributed by atoms with Crippen LogP contribution in [0.15, 0.2) is 36.7 Å². The number of aromatic amines is 1. The van der Waals surface area contributed by atoms with E-state index in [1.54, 1.807) is 18.3 Å². The van der Waals surface area contributed by atoms with Crippen LogP contribution in [0.5, 0.6) is 11.5 Å². The molecule has 5 N–H and O–H groups in total. The summed E-state index contributed by atoms with van der Waals surface area (Å²) in [6, 6.07) is 5.34. The van der Waals surface area contributed by atoms with Crippen LogP contribution >= 0.6 is 0 Å². The number of carbonyl (C=O) groups is 1. The van der Waals surface area contributed by atoms with E-state index in [0.717, 1.165) is 13.0 Å². The van der Waals surface area contributed by atoms with E-state index < -0.39 is 11.9 Å². The molecule has 0 saturated carbocycles. The molecule has 0 fully saturated rings. The molecule has 0 bridgehead atoms. The third-order valence-corrected chi connectivity index (χ3v) is 4.88. The molecule has 1 atom stereocenters. The molecular formula is C22H28FN5O3. The zero-order chi connectivity index (χ0) is 22.4. The summed E-state index contributed by atoms with van der Waals surface area (Å²) < 4.78 is 20.4. The molecule has 2 aromatic heterocycles. The molecule has 166 valence electrons. The van der Waals surface area contributed by atoms with Crippen LogP contribution in [0.4, 0.5) is 4.39 Å². The van der Waals surface area contributed by atoms with E-state index in [0.29, 0.717) is 34.5 Å². The number of carbonyl (C=O) groups excluding carboxylic acids is 1. The third-order valence-electron chi connectivity index (χ3n) is 4.88. The van der Waals surface area contributed by atoms with Crippen molar-refractivity contribution in [2.24, 2.45) is 5.73 Å². The van der Waals surface area contributed by atoms with Crippen LogP contribution in [0, 0.1) is 5.82 Å². The lowest BCUT2D eigenvalue weighted by Gasteiger charge is -2.14. The number of rotatable bonds is 10. The standard InChI is InChI=1S/C22H28FN5O3/c1-28(2)9-3-7-26-22(30)17(24)11-14-4-5-18(16(23)10-14)31-19-6-8-25-21-20(19)15(13-29)12-27-21/h4-6,8,10,12,17,29H,3,7,9,11,13,24H2,1-2H3,(H,25,27)(H,26,30)/t17-/m0/s1. The van der Waals surface area contributed by atoms with E-state index in [9.17, 15) is 14.3 Å². The Labute approximate surface area is 180 Å². The molecule has 0 radical (unpaired) electrons. The lowest BCUT2D eigenvalue weighted by molar-refractivity contribution is -0.122. The quantitative estimate of drug-likeness (QED) is 0.366. The molecule has 9 heteroatoms. The van der Waals surface area contributed by atoms with Crippen molar-refractivity contribution in [3.8, 4) is 11.5 Å². The second-order valence-electron chi connectivity index (χ2n) is 7.63. The number of halogens is 1. The van der Waals surface area contributed by atoms with Gasteiger partial charge in [-0.3, -0.25) is 4.79 Å². The van der Waals surface area contributed by atoms with Gasteiger partial charge in [0.15, 0.2) is 11.6 Å². The minimum absolute atomic E-state index is 0.0306. The van der Waals surface area contributed by atoms with E-state index in [1.807, 2.05) is 19.0 Å². The molecule has 2 heterocycles. The van der Waals surface area contributed by atoms with E-state index in [4.69, 9.17) is 10.5 Å². The van der Waals surface area contributed by atoms with Gasteiger partial charge in [-0.25, -0.2) is 9.37 Å². The summed E-state index contributed by atoms with van der Waals surface area (Å²) in [5, 5.41) is 12.9. The second kappa shape index (κ2) is 10.3. The highest BCUT2D eigenvalue weighted by Gasteiger charge is 2.16. The topological polar surface area (TPSA) is 117 Å². The maximum atomic E-state index is 14.7. The molecule has 3 aromatic rings. The van der Waals surface area contributed by atoms with Crippen molar-refractivity contribution < 1.29 is 19.0 Å². The van der Waals surface area contributed by atoms with Crippen LogP contribution in [-0.2, 0) is 17.8 Å². The van der Waals surface area contributed by atoms with Gasteiger partial charge >= 0.3 is 0 Å². The molecule has 0 aliphatic heterocycles. The third kappa shape index (κ3) is 5.78. The van der Waals surface area contributed by atoms with Crippen LogP contribution < -0.4 is 15.8 Å². The molecule has 3 rings (SSSR count). The highest BCUT2D eigenvalue weighted by atomic mass is 19.1. The lowest BCUT2D eigenvalue weighted by Crippen LogP contribution is -2.42. The van der Waals surface area contributed by atoms with Crippen LogP contribution in [0.2, 0.25) is 0 Å². The average Bonchev–Trinajstić information content (AvgIpc) is 3.17. The van der Waals surface area contributed by atoms with E-state index in [1.165, 1.54) is 18.3 Å². The number of aliphatic hydroxyl groups excluding tert-OH is 1. The van der Waals surface area contributed by atoms with Crippen molar-refractivity contribution in [3.63, 3.8) is 0 Å². The first-order chi connectivity index (χ1) is 14.9. The van der Waals surface area contributed by atoms with E-state index in [-0.39, 0.29) is 24.7 Å². The minimum atomic E-state index is -0.766. The Balaban J connectivity index is 1.64. The van der Waals surface area contributed by atoms with E-state index >= 15 is 0 Å². The summed E-state index contributed by atoms with van der Waals surface area (Å²) in [5.41, 5.74) is 7.72. The zero-order valence-corrected chi connectivity index (χ0v) is 17.7. The Morgan fingerprint density at radius 2 is 2.16 bits per heavy atom. The minimum Gasteiger partial charge on any atom is -0.453 e. The summed E-state index contributed by atoms with van der Waals surface area (Å²) >= 11 is 0. The normalized spacial score (nSPS) is 12.3.